The lowest BCUT2D eigenvalue weighted by Crippen LogP contribution is -2.57. The van der Waals surface area contributed by atoms with Gasteiger partial charge in [-0.1, -0.05) is 23.7 Å². The predicted molar refractivity (Wildman–Crippen MR) is 89.0 cm³/mol. The van der Waals surface area contributed by atoms with E-state index in [1.54, 1.807) is 17.1 Å². The number of piperidine rings is 3. The molecule has 5 rings (SSSR count). The number of benzene rings is 1. The van der Waals surface area contributed by atoms with Crippen LogP contribution >= 0.6 is 11.6 Å². The fourth-order valence-corrected chi connectivity index (χ4v) is 3.81. The van der Waals surface area contributed by atoms with Crippen LogP contribution in [0.25, 0.3) is 5.69 Å². The molecular formula is C17H19ClN4O. The molecule has 0 spiro atoms. The van der Waals surface area contributed by atoms with Crippen molar-refractivity contribution in [3.63, 3.8) is 0 Å². The number of amides is 1. The molecule has 2 aromatic rings. The first-order chi connectivity index (χ1) is 11.2. The lowest BCUT2D eigenvalue weighted by molar-refractivity contribution is 0.0620. The van der Waals surface area contributed by atoms with Crippen LogP contribution in [0.5, 0.6) is 0 Å². The minimum atomic E-state index is -0.0537. The highest BCUT2D eigenvalue weighted by Crippen LogP contribution is 2.27. The predicted octanol–water partition coefficient (Wildman–Crippen LogP) is 2.35. The van der Waals surface area contributed by atoms with E-state index in [0.717, 1.165) is 12.2 Å². The third kappa shape index (κ3) is 2.86. The van der Waals surface area contributed by atoms with Crippen molar-refractivity contribution in [1.82, 2.24) is 20.0 Å². The van der Waals surface area contributed by atoms with Gasteiger partial charge in [0.25, 0.3) is 5.91 Å². The summed E-state index contributed by atoms with van der Waals surface area (Å²) < 4.78 is 1.65. The number of carbonyl (C=O) groups is 1. The second-order valence-electron chi connectivity index (χ2n) is 6.34. The number of fused-ring (bicyclic) bond motifs is 3. The lowest BCUT2D eigenvalue weighted by Gasteiger charge is -2.44. The van der Waals surface area contributed by atoms with Gasteiger partial charge in [-0.25, -0.2) is 4.68 Å². The Morgan fingerprint density at radius 2 is 2.04 bits per heavy atom. The van der Waals surface area contributed by atoms with Crippen LogP contribution in [-0.4, -0.2) is 46.3 Å². The molecule has 1 N–H and O–H groups in total. The summed E-state index contributed by atoms with van der Waals surface area (Å²) in [5.74, 6) is 0.560. The Bertz CT molecular complexity index is 721. The first-order valence-corrected chi connectivity index (χ1v) is 8.41. The van der Waals surface area contributed by atoms with E-state index in [9.17, 15) is 4.79 Å². The van der Waals surface area contributed by atoms with Gasteiger partial charge >= 0.3 is 0 Å². The van der Waals surface area contributed by atoms with E-state index < -0.39 is 0 Å². The van der Waals surface area contributed by atoms with Crippen LogP contribution in [0.3, 0.4) is 0 Å². The van der Waals surface area contributed by atoms with Crippen molar-refractivity contribution in [2.24, 2.45) is 5.92 Å². The topological polar surface area (TPSA) is 50.2 Å². The Morgan fingerprint density at radius 3 is 2.74 bits per heavy atom. The maximum Gasteiger partial charge on any atom is 0.254 e. The number of hydrogen-bond acceptors (Lipinski definition) is 3. The molecule has 2 bridgehead atoms. The third-order valence-corrected chi connectivity index (χ3v) is 5.24. The summed E-state index contributed by atoms with van der Waals surface area (Å²) in [4.78, 5) is 14.9. The summed E-state index contributed by atoms with van der Waals surface area (Å²) in [5.41, 5.74) is 1.34. The van der Waals surface area contributed by atoms with E-state index in [4.69, 9.17) is 11.6 Å². The zero-order valence-corrected chi connectivity index (χ0v) is 13.5. The van der Waals surface area contributed by atoms with E-state index in [1.165, 1.54) is 25.9 Å². The van der Waals surface area contributed by atoms with E-state index in [-0.39, 0.29) is 11.9 Å². The molecule has 0 radical (unpaired) electrons. The second kappa shape index (κ2) is 5.98. The van der Waals surface area contributed by atoms with Gasteiger partial charge in [-0.2, -0.15) is 5.10 Å². The van der Waals surface area contributed by atoms with Crippen molar-refractivity contribution in [3.05, 3.63) is 47.2 Å². The molecule has 0 saturated carbocycles. The largest absolute Gasteiger partial charge is 0.348 e. The van der Waals surface area contributed by atoms with Crippen LogP contribution in [0.15, 0.2) is 36.7 Å². The molecule has 1 unspecified atom stereocenters. The van der Waals surface area contributed by atoms with Crippen molar-refractivity contribution in [3.8, 4) is 5.69 Å². The highest BCUT2D eigenvalue weighted by molar-refractivity contribution is 6.32. The highest BCUT2D eigenvalue weighted by atomic mass is 35.5. The smallest absolute Gasteiger partial charge is 0.254 e. The summed E-state index contributed by atoms with van der Waals surface area (Å²) in [6.45, 7) is 3.30. The minimum absolute atomic E-state index is 0.0537. The van der Waals surface area contributed by atoms with Crippen LogP contribution < -0.4 is 5.32 Å². The molecule has 3 saturated heterocycles. The Morgan fingerprint density at radius 1 is 1.26 bits per heavy atom. The molecule has 1 amide bonds. The molecule has 1 aromatic carbocycles. The fraction of sp³-hybridized carbons (Fsp3) is 0.412. The fourth-order valence-electron chi connectivity index (χ4n) is 3.59. The number of aromatic nitrogens is 2. The normalized spacial score (nSPS) is 26.2. The van der Waals surface area contributed by atoms with Crippen molar-refractivity contribution in [1.29, 1.82) is 0 Å². The molecule has 0 aliphatic carbocycles. The number of hydrogen-bond donors (Lipinski definition) is 1. The molecule has 5 nitrogen and oxygen atoms in total. The van der Waals surface area contributed by atoms with Crippen molar-refractivity contribution in [2.75, 3.05) is 19.6 Å². The van der Waals surface area contributed by atoms with Gasteiger partial charge < -0.3 is 10.2 Å². The van der Waals surface area contributed by atoms with Crippen LogP contribution in [0, 0.1) is 5.92 Å². The van der Waals surface area contributed by atoms with Crippen LogP contribution in [-0.2, 0) is 0 Å². The minimum Gasteiger partial charge on any atom is -0.348 e. The Balaban J connectivity index is 1.48. The number of nitrogens with zero attached hydrogens (tertiary/aromatic N) is 3. The van der Waals surface area contributed by atoms with Gasteiger partial charge in [-0.3, -0.25) is 4.79 Å². The summed E-state index contributed by atoms with van der Waals surface area (Å²) in [5, 5.41) is 8.06. The average Bonchev–Trinajstić information content (AvgIpc) is 3.06. The molecule has 1 aromatic heterocycles. The SMILES string of the molecule is O=C(NC1CN2CCC1CC2)c1cnn(-c2ccccc2Cl)c1. The summed E-state index contributed by atoms with van der Waals surface area (Å²) in [6.07, 6.45) is 5.70. The Labute approximate surface area is 140 Å². The van der Waals surface area contributed by atoms with Gasteiger partial charge in [0.05, 0.1) is 22.5 Å². The summed E-state index contributed by atoms with van der Waals surface area (Å²) in [6, 6.07) is 7.72. The summed E-state index contributed by atoms with van der Waals surface area (Å²) >= 11 is 6.18. The Kier molecular flexibility index (Phi) is 3.83. The molecule has 3 aliphatic rings. The van der Waals surface area contributed by atoms with E-state index >= 15 is 0 Å². The second-order valence-corrected chi connectivity index (χ2v) is 6.75. The van der Waals surface area contributed by atoms with Gasteiger partial charge in [0.2, 0.25) is 0 Å². The van der Waals surface area contributed by atoms with Crippen LogP contribution in [0.2, 0.25) is 5.02 Å². The maximum atomic E-state index is 12.5. The van der Waals surface area contributed by atoms with Crippen molar-refractivity contribution < 1.29 is 4.79 Å². The number of nitrogens with one attached hydrogen (secondary N) is 1. The van der Waals surface area contributed by atoms with E-state index in [2.05, 4.69) is 15.3 Å². The molecule has 1 atom stereocenters. The lowest BCUT2D eigenvalue weighted by atomic mass is 9.84. The van der Waals surface area contributed by atoms with Crippen LogP contribution in [0.4, 0.5) is 0 Å². The monoisotopic (exact) mass is 330 g/mol. The molecule has 6 heteroatoms. The molecule has 4 heterocycles. The van der Waals surface area contributed by atoms with Crippen molar-refractivity contribution >= 4 is 17.5 Å². The van der Waals surface area contributed by atoms with Crippen LogP contribution in [0.1, 0.15) is 23.2 Å². The number of carbonyl (C=O) groups excluding carboxylic acids is 1. The van der Waals surface area contributed by atoms with Gasteiger partial charge in [0.15, 0.2) is 0 Å². The first kappa shape index (κ1) is 14.7. The van der Waals surface area contributed by atoms with Gasteiger partial charge in [0, 0.05) is 18.8 Å². The number of rotatable bonds is 3. The van der Waals surface area contributed by atoms with E-state index in [0.29, 0.717) is 16.5 Å². The average molecular weight is 331 g/mol. The molecule has 3 fully saturated rings. The van der Waals surface area contributed by atoms with Crippen molar-refractivity contribution in [2.45, 2.75) is 18.9 Å². The summed E-state index contributed by atoms with van der Waals surface area (Å²) in [7, 11) is 0. The molecular weight excluding hydrogens is 312 g/mol. The third-order valence-electron chi connectivity index (χ3n) is 4.92. The van der Waals surface area contributed by atoms with E-state index in [1.807, 2.05) is 24.3 Å². The molecule has 23 heavy (non-hydrogen) atoms. The Hall–Kier alpha value is -1.85. The standard InChI is InChI=1S/C17H19ClN4O/c18-14-3-1-2-4-16(14)22-10-13(9-19-22)17(23)20-15-11-21-7-5-12(15)6-8-21/h1-4,9-10,12,15H,5-8,11H2,(H,20,23). The molecule has 120 valence electrons. The first-order valence-electron chi connectivity index (χ1n) is 8.03. The number of halogens is 1. The highest BCUT2D eigenvalue weighted by Gasteiger charge is 2.35. The number of para-hydroxylation sites is 1. The molecule has 3 aliphatic heterocycles. The zero-order chi connectivity index (χ0) is 15.8. The quantitative estimate of drug-likeness (QED) is 0.940. The van der Waals surface area contributed by atoms with Gasteiger partial charge in [0.1, 0.15) is 0 Å². The zero-order valence-electron chi connectivity index (χ0n) is 12.8. The van der Waals surface area contributed by atoms with Gasteiger partial charge in [-0.15, -0.1) is 0 Å². The maximum absolute atomic E-state index is 12.5. The van der Waals surface area contributed by atoms with Gasteiger partial charge in [-0.05, 0) is 44.0 Å².